The number of nitrogens with zero attached hydrogens (tertiary/aromatic N) is 3. The first-order valence-corrected chi connectivity index (χ1v) is 10.1. The lowest BCUT2D eigenvalue weighted by Gasteiger charge is -2.13. The molecule has 4 aromatic rings. The smallest absolute Gasteiger partial charge is 0.417 e. The van der Waals surface area contributed by atoms with Crippen LogP contribution in [0.2, 0.25) is 0 Å². The van der Waals surface area contributed by atoms with E-state index in [1.807, 2.05) is 0 Å². The lowest BCUT2D eigenvalue weighted by Crippen LogP contribution is -2.28. The molecule has 0 amide bonds. The first kappa shape index (κ1) is 24.0. The molecular formula is C23H16F6N4O2. The molecule has 0 unspecified atom stereocenters. The van der Waals surface area contributed by atoms with Crippen molar-refractivity contribution in [2.75, 3.05) is 11.9 Å². The largest absolute Gasteiger partial charge is 0.616 e. The summed E-state index contributed by atoms with van der Waals surface area (Å²) < 4.78 is 86.1. The van der Waals surface area contributed by atoms with Gasteiger partial charge in [0, 0.05) is 18.7 Å². The minimum atomic E-state index is -4.63. The van der Waals surface area contributed by atoms with Gasteiger partial charge in [0.15, 0.2) is 23.6 Å². The molecule has 35 heavy (non-hydrogen) atoms. The predicted octanol–water partition coefficient (Wildman–Crippen LogP) is 5.45. The maximum absolute atomic E-state index is 14.2. The molecule has 0 aliphatic heterocycles. The highest BCUT2D eigenvalue weighted by atomic mass is 19.4. The number of anilines is 1. The van der Waals surface area contributed by atoms with Gasteiger partial charge in [0.1, 0.15) is 23.4 Å². The van der Waals surface area contributed by atoms with Crippen LogP contribution in [0.5, 0.6) is 11.6 Å². The van der Waals surface area contributed by atoms with Gasteiger partial charge in [-0.25, -0.2) is 23.1 Å². The SMILES string of the molecule is Cc1cc(CCNc2ncnc3c(F)cc(F)c(F)c23)ccc1Oc1cc(C(F)(F)F)cc[n+]1[O-]. The molecule has 0 aliphatic rings. The molecule has 0 saturated heterocycles. The van der Waals surface area contributed by atoms with E-state index in [9.17, 15) is 31.5 Å². The lowest BCUT2D eigenvalue weighted by molar-refractivity contribution is -0.611. The molecule has 6 nitrogen and oxygen atoms in total. The number of rotatable bonds is 6. The predicted molar refractivity (Wildman–Crippen MR) is 113 cm³/mol. The average molecular weight is 494 g/mol. The zero-order valence-corrected chi connectivity index (χ0v) is 18.0. The number of alkyl halides is 3. The Hall–Kier alpha value is -4.09. The van der Waals surface area contributed by atoms with Crippen molar-refractivity contribution in [2.24, 2.45) is 0 Å². The summed E-state index contributed by atoms with van der Waals surface area (Å²) in [7, 11) is 0. The Morgan fingerprint density at radius 2 is 1.80 bits per heavy atom. The van der Waals surface area contributed by atoms with Gasteiger partial charge in [-0.15, -0.1) is 4.73 Å². The molecule has 2 aromatic heterocycles. The summed E-state index contributed by atoms with van der Waals surface area (Å²) in [5.41, 5.74) is -0.0717. The first-order valence-electron chi connectivity index (χ1n) is 10.1. The number of halogens is 6. The number of pyridine rings is 1. The second kappa shape index (κ2) is 9.28. The minimum Gasteiger partial charge on any atom is -0.616 e. The van der Waals surface area contributed by atoms with Crippen molar-refractivity contribution in [1.29, 1.82) is 0 Å². The second-order valence-corrected chi connectivity index (χ2v) is 7.56. The fraction of sp³-hybridized carbons (Fsp3) is 0.174. The van der Waals surface area contributed by atoms with Crippen LogP contribution < -0.4 is 14.8 Å². The third-order valence-corrected chi connectivity index (χ3v) is 5.13. The molecule has 0 atom stereocenters. The van der Waals surface area contributed by atoms with Gasteiger partial charge in [-0.2, -0.15) is 13.2 Å². The van der Waals surface area contributed by atoms with E-state index in [0.29, 0.717) is 36.4 Å². The molecule has 0 radical (unpaired) electrons. The lowest BCUT2D eigenvalue weighted by atomic mass is 10.1. The minimum absolute atomic E-state index is 0.0767. The van der Waals surface area contributed by atoms with Crippen LogP contribution in [0.15, 0.2) is 48.9 Å². The number of aryl methyl sites for hydroxylation is 1. The van der Waals surface area contributed by atoms with Crippen molar-refractivity contribution >= 4 is 16.7 Å². The Kier molecular flexibility index (Phi) is 6.37. The highest BCUT2D eigenvalue weighted by Crippen LogP contribution is 2.32. The van der Waals surface area contributed by atoms with Crippen LogP contribution in [0.4, 0.5) is 32.2 Å². The molecule has 0 bridgehead atoms. The fourth-order valence-corrected chi connectivity index (χ4v) is 3.41. The van der Waals surface area contributed by atoms with Gasteiger partial charge in [-0.1, -0.05) is 12.1 Å². The molecule has 0 spiro atoms. The van der Waals surface area contributed by atoms with Gasteiger partial charge in [-0.3, -0.25) is 0 Å². The number of aromatic nitrogens is 3. The van der Waals surface area contributed by atoms with Crippen LogP contribution in [0, 0.1) is 29.6 Å². The third-order valence-electron chi connectivity index (χ3n) is 5.13. The molecule has 182 valence electrons. The zero-order valence-electron chi connectivity index (χ0n) is 18.0. The van der Waals surface area contributed by atoms with E-state index in [0.717, 1.165) is 11.9 Å². The van der Waals surface area contributed by atoms with E-state index >= 15 is 0 Å². The Balaban J connectivity index is 1.48. The molecule has 4 rings (SSSR count). The monoisotopic (exact) mass is 494 g/mol. The van der Waals surface area contributed by atoms with Gasteiger partial charge in [0.2, 0.25) is 0 Å². The number of fused-ring (bicyclic) bond motifs is 1. The zero-order chi connectivity index (χ0) is 25.3. The van der Waals surface area contributed by atoms with E-state index in [2.05, 4.69) is 15.3 Å². The van der Waals surface area contributed by atoms with E-state index in [-0.39, 0.29) is 28.4 Å². The van der Waals surface area contributed by atoms with Crippen LogP contribution >= 0.6 is 0 Å². The number of benzene rings is 2. The first-order chi connectivity index (χ1) is 16.5. The number of nitrogens with one attached hydrogen (secondary N) is 1. The van der Waals surface area contributed by atoms with Gasteiger partial charge < -0.3 is 15.3 Å². The Bertz CT molecular complexity index is 1410. The molecular weight excluding hydrogens is 478 g/mol. The van der Waals surface area contributed by atoms with Gasteiger partial charge in [0.25, 0.3) is 0 Å². The summed E-state index contributed by atoms with van der Waals surface area (Å²) in [4.78, 5) is 7.52. The van der Waals surface area contributed by atoms with Crippen molar-refractivity contribution in [3.05, 3.63) is 88.3 Å². The molecule has 12 heteroatoms. The van der Waals surface area contributed by atoms with Crippen LogP contribution in [0.3, 0.4) is 0 Å². The molecule has 0 aliphatic carbocycles. The molecule has 2 aromatic carbocycles. The normalized spacial score (nSPS) is 11.6. The Labute approximate surface area is 194 Å². The van der Waals surface area contributed by atoms with Crippen LogP contribution in [0.25, 0.3) is 10.9 Å². The topological polar surface area (TPSA) is 74.0 Å². The third kappa shape index (κ3) is 5.05. The molecule has 0 fully saturated rings. The number of hydrogen-bond donors (Lipinski definition) is 1. The van der Waals surface area contributed by atoms with Crippen molar-refractivity contribution in [3.63, 3.8) is 0 Å². The molecule has 0 saturated carbocycles. The Morgan fingerprint density at radius 1 is 1.03 bits per heavy atom. The van der Waals surface area contributed by atoms with Crippen molar-refractivity contribution in [3.8, 4) is 11.6 Å². The molecule has 2 heterocycles. The number of hydrogen-bond acceptors (Lipinski definition) is 5. The highest BCUT2D eigenvalue weighted by Gasteiger charge is 2.33. The maximum Gasteiger partial charge on any atom is 0.417 e. The van der Waals surface area contributed by atoms with Crippen molar-refractivity contribution in [2.45, 2.75) is 19.5 Å². The van der Waals surface area contributed by atoms with E-state index in [4.69, 9.17) is 4.74 Å². The highest BCUT2D eigenvalue weighted by molar-refractivity contribution is 5.89. The van der Waals surface area contributed by atoms with Gasteiger partial charge in [0.05, 0.1) is 17.0 Å². The van der Waals surface area contributed by atoms with Crippen LogP contribution in [0.1, 0.15) is 16.7 Å². The summed E-state index contributed by atoms with van der Waals surface area (Å²) in [5.74, 6) is -4.08. The summed E-state index contributed by atoms with van der Waals surface area (Å²) in [6.07, 6.45) is -2.52. The summed E-state index contributed by atoms with van der Waals surface area (Å²) in [5, 5.41) is 14.3. The van der Waals surface area contributed by atoms with E-state index in [1.54, 1.807) is 19.1 Å². The summed E-state index contributed by atoms with van der Waals surface area (Å²) in [6, 6.07) is 6.49. The number of ether oxygens (including phenoxy) is 1. The average Bonchev–Trinajstić information content (AvgIpc) is 2.79. The second-order valence-electron chi connectivity index (χ2n) is 7.56. The maximum atomic E-state index is 14.2. The van der Waals surface area contributed by atoms with Crippen LogP contribution in [-0.2, 0) is 12.6 Å². The van der Waals surface area contributed by atoms with Crippen molar-refractivity contribution < 1.29 is 35.8 Å². The van der Waals surface area contributed by atoms with Crippen LogP contribution in [-0.4, -0.2) is 16.5 Å². The fourth-order valence-electron chi connectivity index (χ4n) is 3.41. The molecule has 1 N–H and O–H groups in total. The quantitative estimate of drug-likeness (QED) is 0.167. The summed E-state index contributed by atoms with van der Waals surface area (Å²) >= 11 is 0. The Morgan fingerprint density at radius 3 is 2.51 bits per heavy atom. The summed E-state index contributed by atoms with van der Waals surface area (Å²) in [6.45, 7) is 1.85. The van der Waals surface area contributed by atoms with E-state index < -0.39 is 40.5 Å². The standard InChI is InChI=1S/C23H16F6N4O2/c1-12-8-13(2-3-17(12)35-18-9-14(23(27,28)29)5-7-33(18)34)4-6-30-22-19-20(26)15(24)10-16(25)21(19)31-11-32-22/h2-3,5,7-11H,4,6H2,1H3,(H,30,31,32). The van der Waals surface area contributed by atoms with Crippen molar-refractivity contribution in [1.82, 2.24) is 9.97 Å². The van der Waals surface area contributed by atoms with E-state index in [1.165, 1.54) is 6.07 Å². The van der Waals surface area contributed by atoms with Gasteiger partial charge >= 0.3 is 12.1 Å². The van der Waals surface area contributed by atoms with Gasteiger partial charge in [-0.05, 0) is 30.5 Å².